The van der Waals surface area contributed by atoms with Crippen LogP contribution in [0.25, 0.3) is 0 Å². The highest BCUT2D eigenvalue weighted by atomic mass is 79.9. The predicted octanol–water partition coefficient (Wildman–Crippen LogP) is 3.74. The van der Waals surface area contributed by atoms with Crippen LogP contribution in [0.5, 0.6) is 0 Å². The van der Waals surface area contributed by atoms with Gasteiger partial charge in [0.2, 0.25) is 5.91 Å². The van der Waals surface area contributed by atoms with E-state index in [1.807, 2.05) is 0 Å². The molecule has 2 atom stereocenters. The second-order valence-corrected chi connectivity index (χ2v) is 6.34. The van der Waals surface area contributed by atoms with E-state index in [1.54, 1.807) is 0 Å². The van der Waals surface area contributed by atoms with Crippen LogP contribution in [0.1, 0.15) is 52.4 Å². The standard InChI is InChI=1S/C14H26BrNO/c1-11(2)7-8-14(17)16-10-13-6-4-3-5-12(13)9-15/h11-13H,3-10H2,1-2H3,(H,16,17). The summed E-state index contributed by atoms with van der Waals surface area (Å²) in [7, 11) is 0. The molecule has 1 aliphatic carbocycles. The van der Waals surface area contributed by atoms with Gasteiger partial charge in [0, 0.05) is 18.3 Å². The molecule has 0 radical (unpaired) electrons. The molecule has 0 aromatic rings. The maximum Gasteiger partial charge on any atom is 0.220 e. The summed E-state index contributed by atoms with van der Waals surface area (Å²) in [5.74, 6) is 2.29. The number of hydrogen-bond acceptors (Lipinski definition) is 1. The zero-order valence-electron chi connectivity index (χ0n) is 11.2. The van der Waals surface area contributed by atoms with E-state index in [0.29, 0.717) is 18.3 Å². The van der Waals surface area contributed by atoms with Gasteiger partial charge in [-0.2, -0.15) is 0 Å². The van der Waals surface area contributed by atoms with Crippen molar-refractivity contribution in [2.75, 3.05) is 11.9 Å². The lowest BCUT2D eigenvalue weighted by atomic mass is 9.80. The summed E-state index contributed by atoms with van der Waals surface area (Å²) in [5, 5.41) is 4.20. The van der Waals surface area contributed by atoms with E-state index < -0.39 is 0 Å². The summed E-state index contributed by atoms with van der Waals surface area (Å²) in [6.45, 7) is 5.21. The van der Waals surface area contributed by atoms with Gasteiger partial charge < -0.3 is 5.32 Å². The maximum absolute atomic E-state index is 11.7. The van der Waals surface area contributed by atoms with Crippen LogP contribution in [0.3, 0.4) is 0 Å². The Kier molecular flexibility index (Phi) is 7.17. The minimum absolute atomic E-state index is 0.234. The van der Waals surface area contributed by atoms with Gasteiger partial charge in [0.05, 0.1) is 0 Å². The third-order valence-electron chi connectivity index (χ3n) is 3.77. The van der Waals surface area contributed by atoms with Crippen molar-refractivity contribution in [3.05, 3.63) is 0 Å². The van der Waals surface area contributed by atoms with Crippen molar-refractivity contribution >= 4 is 21.8 Å². The summed E-state index contributed by atoms with van der Waals surface area (Å²) in [5.41, 5.74) is 0. The second-order valence-electron chi connectivity index (χ2n) is 5.70. The van der Waals surface area contributed by atoms with Gasteiger partial charge in [0.15, 0.2) is 0 Å². The fourth-order valence-corrected chi connectivity index (χ4v) is 3.36. The molecule has 0 spiro atoms. The Labute approximate surface area is 114 Å². The highest BCUT2D eigenvalue weighted by Gasteiger charge is 2.24. The molecule has 1 aliphatic rings. The van der Waals surface area contributed by atoms with Crippen molar-refractivity contribution in [3.63, 3.8) is 0 Å². The highest BCUT2D eigenvalue weighted by Crippen LogP contribution is 2.30. The summed E-state index contributed by atoms with van der Waals surface area (Å²) in [6, 6.07) is 0. The molecule has 1 amide bonds. The molecule has 1 N–H and O–H groups in total. The van der Waals surface area contributed by atoms with E-state index in [4.69, 9.17) is 0 Å². The van der Waals surface area contributed by atoms with E-state index >= 15 is 0 Å². The van der Waals surface area contributed by atoms with E-state index in [9.17, 15) is 4.79 Å². The van der Waals surface area contributed by atoms with E-state index in [2.05, 4.69) is 35.1 Å². The van der Waals surface area contributed by atoms with Crippen molar-refractivity contribution in [2.45, 2.75) is 52.4 Å². The lowest BCUT2D eigenvalue weighted by Gasteiger charge is -2.30. The van der Waals surface area contributed by atoms with Crippen LogP contribution in [-0.2, 0) is 4.79 Å². The van der Waals surface area contributed by atoms with Crippen molar-refractivity contribution in [2.24, 2.45) is 17.8 Å². The molecule has 17 heavy (non-hydrogen) atoms. The Hall–Kier alpha value is -0.0500. The zero-order chi connectivity index (χ0) is 12.7. The molecule has 0 aromatic heterocycles. The lowest BCUT2D eigenvalue weighted by Crippen LogP contribution is -2.34. The number of halogens is 1. The molecule has 2 nitrogen and oxygen atoms in total. The molecule has 1 fully saturated rings. The third kappa shape index (κ3) is 5.89. The number of alkyl halides is 1. The Morgan fingerprint density at radius 2 is 1.94 bits per heavy atom. The van der Waals surface area contributed by atoms with Gasteiger partial charge in [-0.15, -0.1) is 0 Å². The molecule has 3 heteroatoms. The summed E-state index contributed by atoms with van der Waals surface area (Å²) < 4.78 is 0. The van der Waals surface area contributed by atoms with Crippen molar-refractivity contribution in [1.82, 2.24) is 5.32 Å². The average molecular weight is 304 g/mol. The highest BCUT2D eigenvalue weighted by molar-refractivity contribution is 9.09. The van der Waals surface area contributed by atoms with Crippen LogP contribution in [-0.4, -0.2) is 17.8 Å². The first-order chi connectivity index (χ1) is 8.13. The average Bonchev–Trinajstić information content (AvgIpc) is 2.34. The van der Waals surface area contributed by atoms with Crippen LogP contribution >= 0.6 is 15.9 Å². The normalized spacial score (nSPS) is 24.9. The molecule has 100 valence electrons. The van der Waals surface area contributed by atoms with Crippen molar-refractivity contribution < 1.29 is 4.79 Å². The van der Waals surface area contributed by atoms with Gasteiger partial charge in [-0.3, -0.25) is 4.79 Å². The monoisotopic (exact) mass is 303 g/mol. The minimum Gasteiger partial charge on any atom is -0.356 e. The first-order valence-corrected chi connectivity index (χ1v) is 8.08. The van der Waals surface area contributed by atoms with Gasteiger partial charge in [-0.25, -0.2) is 0 Å². The Balaban J connectivity index is 2.21. The molecule has 1 rings (SSSR count). The van der Waals surface area contributed by atoms with Gasteiger partial charge in [-0.1, -0.05) is 42.6 Å². The molecule has 0 aliphatic heterocycles. The Morgan fingerprint density at radius 3 is 2.53 bits per heavy atom. The van der Waals surface area contributed by atoms with Gasteiger partial charge in [0.1, 0.15) is 0 Å². The summed E-state index contributed by atoms with van der Waals surface area (Å²) in [4.78, 5) is 11.7. The topological polar surface area (TPSA) is 29.1 Å². The minimum atomic E-state index is 0.234. The maximum atomic E-state index is 11.7. The van der Waals surface area contributed by atoms with E-state index in [0.717, 1.165) is 24.2 Å². The fourth-order valence-electron chi connectivity index (χ4n) is 2.51. The molecule has 1 saturated carbocycles. The largest absolute Gasteiger partial charge is 0.356 e. The number of amides is 1. The number of nitrogens with one attached hydrogen (secondary N) is 1. The molecular formula is C14H26BrNO. The van der Waals surface area contributed by atoms with Gasteiger partial charge in [-0.05, 0) is 37.0 Å². The van der Waals surface area contributed by atoms with Crippen LogP contribution in [0.15, 0.2) is 0 Å². The number of carbonyl (C=O) groups excluding carboxylic acids is 1. The molecule has 2 unspecified atom stereocenters. The SMILES string of the molecule is CC(C)CCC(=O)NCC1CCCCC1CBr. The van der Waals surface area contributed by atoms with Crippen molar-refractivity contribution in [3.8, 4) is 0 Å². The molecule has 0 bridgehead atoms. The molecular weight excluding hydrogens is 278 g/mol. The van der Waals surface area contributed by atoms with Gasteiger partial charge in [0.25, 0.3) is 0 Å². The lowest BCUT2D eigenvalue weighted by molar-refractivity contribution is -0.121. The zero-order valence-corrected chi connectivity index (χ0v) is 12.8. The summed E-state index contributed by atoms with van der Waals surface area (Å²) in [6.07, 6.45) is 6.96. The quantitative estimate of drug-likeness (QED) is 0.744. The third-order valence-corrected chi connectivity index (χ3v) is 4.61. The van der Waals surface area contributed by atoms with Crippen LogP contribution in [0.2, 0.25) is 0 Å². The van der Waals surface area contributed by atoms with Crippen LogP contribution < -0.4 is 5.32 Å². The number of rotatable bonds is 6. The van der Waals surface area contributed by atoms with Crippen LogP contribution in [0.4, 0.5) is 0 Å². The number of carbonyl (C=O) groups is 1. The molecule has 0 heterocycles. The van der Waals surface area contributed by atoms with Gasteiger partial charge >= 0.3 is 0 Å². The second kappa shape index (κ2) is 8.12. The summed E-state index contributed by atoms with van der Waals surface area (Å²) >= 11 is 3.60. The predicted molar refractivity (Wildman–Crippen MR) is 76.3 cm³/mol. The Morgan fingerprint density at radius 1 is 1.29 bits per heavy atom. The Bertz CT molecular complexity index is 230. The molecule has 0 aromatic carbocycles. The fraction of sp³-hybridized carbons (Fsp3) is 0.929. The van der Waals surface area contributed by atoms with E-state index in [-0.39, 0.29) is 5.91 Å². The first kappa shape index (κ1) is 15.0. The first-order valence-electron chi connectivity index (χ1n) is 6.96. The number of hydrogen-bond donors (Lipinski definition) is 1. The van der Waals surface area contributed by atoms with Crippen LogP contribution in [0, 0.1) is 17.8 Å². The molecule has 0 saturated heterocycles. The van der Waals surface area contributed by atoms with Crippen molar-refractivity contribution in [1.29, 1.82) is 0 Å². The smallest absolute Gasteiger partial charge is 0.220 e. The van der Waals surface area contributed by atoms with E-state index in [1.165, 1.54) is 25.7 Å².